The summed E-state index contributed by atoms with van der Waals surface area (Å²) >= 11 is 5.89. The van der Waals surface area contributed by atoms with Crippen LogP contribution in [0.2, 0.25) is 5.02 Å². The number of aromatic nitrogens is 2. The van der Waals surface area contributed by atoms with E-state index in [-0.39, 0.29) is 5.82 Å². The predicted molar refractivity (Wildman–Crippen MR) is 66.4 cm³/mol. The van der Waals surface area contributed by atoms with Crippen LogP contribution in [0.5, 0.6) is 0 Å². The largest absolute Gasteiger partial charge is 0.336 e. The van der Waals surface area contributed by atoms with Gasteiger partial charge in [-0.15, -0.1) is 0 Å². The summed E-state index contributed by atoms with van der Waals surface area (Å²) in [5, 5.41) is 3.54. The average molecular weight is 254 g/mol. The van der Waals surface area contributed by atoms with Gasteiger partial charge in [-0.1, -0.05) is 11.6 Å². The van der Waals surface area contributed by atoms with Gasteiger partial charge in [0.05, 0.1) is 17.7 Å². The van der Waals surface area contributed by atoms with E-state index in [0.29, 0.717) is 22.8 Å². The Hall–Kier alpha value is -1.39. The summed E-state index contributed by atoms with van der Waals surface area (Å²) in [6.07, 6.45) is 1.67. The van der Waals surface area contributed by atoms with Crippen molar-refractivity contribution in [2.45, 2.75) is 6.54 Å². The molecule has 17 heavy (non-hydrogen) atoms. The maximum atomic E-state index is 13.8. The third-order valence-electron chi connectivity index (χ3n) is 2.59. The van der Waals surface area contributed by atoms with Crippen LogP contribution in [0.1, 0.15) is 5.69 Å². The molecule has 0 amide bonds. The highest BCUT2D eigenvalue weighted by Crippen LogP contribution is 2.27. The van der Waals surface area contributed by atoms with Crippen LogP contribution in [0.4, 0.5) is 4.39 Å². The van der Waals surface area contributed by atoms with Crippen molar-refractivity contribution < 1.29 is 4.39 Å². The third kappa shape index (κ3) is 2.33. The molecule has 0 radical (unpaired) electrons. The first kappa shape index (κ1) is 12.1. The van der Waals surface area contributed by atoms with Crippen LogP contribution in [-0.2, 0) is 13.6 Å². The fourth-order valence-electron chi connectivity index (χ4n) is 1.74. The van der Waals surface area contributed by atoms with Crippen molar-refractivity contribution in [3.8, 4) is 11.3 Å². The molecule has 3 nitrogen and oxygen atoms in total. The Bertz CT molecular complexity index is 537. The van der Waals surface area contributed by atoms with Crippen LogP contribution in [-0.4, -0.2) is 16.6 Å². The zero-order valence-corrected chi connectivity index (χ0v) is 10.4. The first-order valence-corrected chi connectivity index (χ1v) is 5.61. The minimum Gasteiger partial charge on any atom is -0.336 e. The Labute approximate surface area is 104 Å². The number of benzene rings is 1. The maximum Gasteiger partial charge on any atom is 0.132 e. The molecule has 1 N–H and O–H groups in total. The number of halogens is 2. The Kier molecular flexibility index (Phi) is 3.45. The highest BCUT2D eigenvalue weighted by atomic mass is 35.5. The van der Waals surface area contributed by atoms with Crippen molar-refractivity contribution in [2.75, 3.05) is 7.05 Å². The summed E-state index contributed by atoms with van der Waals surface area (Å²) in [6, 6.07) is 4.48. The molecule has 0 saturated carbocycles. The average Bonchev–Trinajstić information content (AvgIpc) is 2.65. The van der Waals surface area contributed by atoms with Crippen LogP contribution in [0.15, 0.2) is 24.5 Å². The van der Waals surface area contributed by atoms with Gasteiger partial charge in [0.15, 0.2) is 0 Å². The molecule has 0 atom stereocenters. The van der Waals surface area contributed by atoms with Gasteiger partial charge in [-0.2, -0.15) is 0 Å². The Balaban J connectivity index is 2.56. The number of hydrogen-bond donors (Lipinski definition) is 1. The van der Waals surface area contributed by atoms with Gasteiger partial charge in [0.25, 0.3) is 0 Å². The molecule has 1 aromatic heterocycles. The molecule has 1 aromatic carbocycles. The van der Waals surface area contributed by atoms with E-state index in [1.54, 1.807) is 12.4 Å². The van der Waals surface area contributed by atoms with E-state index in [4.69, 9.17) is 11.6 Å². The minimum atomic E-state index is -0.314. The lowest BCUT2D eigenvalue weighted by Gasteiger charge is -2.06. The molecular weight excluding hydrogens is 241 g/mol. The van der Waals surface area contributed by atoms with Crippen LogP contribution >= 0.6 is 11.6 Å². The number of rotatable bonds is 3. The fraction of sp³-hybridized carbons (Fsp3) is 0.250. The lowest BCUT2D eigenvalue weighted by molar-refractivity contribution is 0.630. The first-order chi connectivity index (χ1) is 8.13. The second-order valence-electron chi connectivity index (χ2n) is 3.81. The SMILES string of the molecule is CNCc1c(-c2cc(Cl)ccc2F)ncn1C. The van der Waals surface area contributed by atoms with E-state index in [9.17, 15) is 4.39 Å². The molecule has 5 heteroatoms. The van der Waals surface area contributed by atoms with Crippen LogP contribution in [0, 0.1) is 5.82 Å². The van der Waals surface area contributed by atoms with Crippen molar-refractivity contribution >= 4 is 11.6 Å². The molecule has 2 aromatic rings. The summed E-state index contributed by atoms with van der Waals surface area (Å²) in [7, 11) is 3.72. The number of nitrogens with zero attached hydrogens (tertiary/aromatic N) is 2. The van der Waals surface area contributed by atoms with Gasteiger partial charge in [-0.05, 0) is 25.2 Å². The first-order valence-electron chi connectivity index (χ1n) is 5.23. The number of hydrogen-bond acceptors (Lipinski definition) is 2. The molecule has 0 aliphatic heterocycles. The summed E-state index contributed by atoms with van der Waals surface area (Å²) in [5.41, 5.74) is 1.99. The number of aryl methyl sites for hydroxylation is 1. The molecule has 0 spiro atoms. The summed E-state index contributed by atoms with van der Waals surface area (Å²) in [6.45, 7) is 0.623. The monoisotopic (exact) mass is 253 g/mol. The zero-order valence-electron chi connectivity index (χ0n) is 9.67. The standard InChI is InChI=1S/C12H13ClFN3/c1-15-6-11-12(16-7-17(11)2)9-5-8(13)3-4-10(9)14/h3-5,7,15H,6H2,1-2H3. The summed E-state index contributed by atoms with van der Waals surface area (Å²) in [5.74, 6) is -0.314. The van der Waals surface area contributed by atoms with E-state index in [2.05, 4.69) is 10.3 Å². The highest BCUT2D eigenvalue weighted by Gasteiger charge is 2.14. The van der Waals surface area contributed by atoms with Crippen LogP contribution in [0.3, 0.4) is 0 Å². The molecular formula is C12H13ClFN3. The number of imidazole rings is 1. The summed E-state index contributed by atoms with van der Waals surface area (Å²) < 4.78 is 15.6. The third-order valence-corrected chi connectivity index (χ3v) is 2.82. The lowest BCUT2D eigenvalue weighted by Crippen LogP contribution is -2.10. The van der Waals surface area contributed by atoms with Crippen LogP contribution in [0.25, 0.3) is 11.3 Å². The molecule has 0 aliphatic carbocycles. The molecule has 0 saturated heterocycles. The van der Waals surface area contributed by atoms with E-state index in [0.717, 1.165) is 5.69 Å². The van der Waals surface area contributed by atoms with Gasteiger partial charge in [-0.25, -0.2) is 9.37 Å². The molecule has 1 heterocycles. The highest BCUT2D eigenvalue weighted by molar-refractivity contribution is 6.30. The number of nitrogens with one attached hydrogen (secondary N) is 1. The van der Waals surface area contributed by atoms with E-state index >= 15 is 0 Å². The van der Waals surface area contributed by atoms with E-state index in [1.165, 1.54) is 12.1 Å². The molecule has 0 fully saturated rings. The van der Waals surface area contributed by atoms with E-state index in [1.807, 2.05) is 18.7 Å². The molecule has 2 rings (SSSR count). The van der Waals surface area contributed by atoms with Gasteiger partial charge >= 0.3 is 0 Å². The topological polar surface area (TPSA) is 29.9 Å². The van der Waals surface area contributed by atoms with Gasteiger partial charge in [0.2, 0.25) is 0 Å². The second kappa shape index (κ2) is 4.85. The van der Waals surface area contributed by atoms with Crippen LogP contribution < -0.4 is 5.32 Å². The zero-order chi connectivity index (χ0) is 12.4. The second-order valence-corrected chi connectivity index (χ2v) is 4.24. The molecule has 90 valence electrons. The predicted octanol–water partition coefficient (Wildman–Crippen LogP) is 2.60. The smallest absolute Gasteiger partial charge is 0.132 e. The molecule has 0 unspecified atom stereocenters. The van der Waals surface area contributed by atoms with Crippen molar-refractivity contribution in [1.82, 2.24) is 14.9 Å². The van der Waals surface area contributed by atoms with Crippen molar-refractivity contribution in [2.24, 2.45) is 7.05 Å². The molecule has 0 bridgehead atoms. The minimum absolute atomic E-state index is 0.314. The normalized spacial score (nSPS) is 10.8. The summed E-state index contributed by atoms with van der Waals surface area (Å²) in [4.78, 5) is 4.23. The lowest BCUT2D eigenvalue weighted by atomic mass is 10.1. The van der Waals surface area contributed by atoms with Crippen molar-refractivity contribution in [3.05, 3.63) is 41.1 Å². The Morgan fingerprint density at radius 3 is 2.94 bits per heavy atom. The molecule has 0 aliphatic rings. The fourth-order valence-corrected chi connectivity index (χ4v) is 1.91. The van der Waals surface area contributed by atoms with Crippen molar-refractivity contribution in [1.29, 1.82) is 0 Å². The van der Waals surface area contributed by atoms with Gasteiger partial charge in [-0.3, -0.25) is 0 Å². The Morgan fingerprint density at radius 1 is 1.47 bits per heavy atom. The maximum absolute atomic E-state index is 13.8. The van der Waals surface area contributed by atoms with E-state index < -0.39 is 0 Å². The van der Waals surface area contributed by atoms with Gasteiger partial charge in [0, 0.05) is 24.2 Å². The van der Waals surface area contributed by atoms with Gasteiger partial charge < -0.3 is 9.88 Å². The van der Waals surface area contributed by atoms with Gasteiger partial charge in [0.1, 0.15) is 5.82 Å². The Morgan fingerprint density at radius 2 is 2.24 bits per heavy atom. The van der Waals surface area contributed by atoms with Crippen molar-refractivity contribution in [3.63, 3.8) is 0 Å². The quantitative estimate of drug-likeness (QED) is 0.911.